The summed E-state index contributed by atoms with van der Waals surface area (Å²) in [4.78, 5) is 11.5. The van der Waals surface area contributed by atoms with E-state index in [2.05, 4.69) is 241 Å². The van der Waals surface area contributed by atoms with Gasteiger partial charge in [0.1, 0.15) is 0 Å². The van der Waals surface area contributed by atoms with Gasteiger partial charge in [0.25, 0.3) is 0 Å². The van der Waals surface area contributed by atoms with E-state index in [1.165, 1.54) is 101 Å². The first kappa shape index (κ1) is 39.7. The van der Waals surface area contributed by atoms with Crippen LogP contribution in [0.3, 0.4) is 0 Å². The molecule has 0 fully saturated rings. The predicted octanol–water partition coefficient (Wildman–Crippen LogP) is 15.7. The third-order valence-corrected chi connectivity index (χ3v) is 18.9. The van der Waals surface area contributed by atoms with Crippen LogP contribution in [0.2, 0.25) is 0 Å². The number of pyridine rings is 2. The number of benzene rings is 8. The van der Waals surface area contributed by atoms with E-state index < -0.39 is 5.41 Å². The predicted molar refractivity (Wildman–Crippen MR) is 302 cm³/mol. The van der Waals surface area contributed by atoms with E-state index in [9.17, 15) is 0 Å². The first-order chi connectivity index (χ1) is 35.2. The minimum absolute atomic E-state index is 0.348. The molecular weight excluding hydrogens is 998 g/mol. The Bertz CT molecular complexity index is 4480. The Morgan fingerprint density at radius 1 is 0.465 bits per heavy atom. The smallest absolute Gasteiger partial charge is 0.221 e. The van der Waals surface area contributed by atoms with Crippen LogP contribution in [-0.4, -0.2) is 22.7 Å². The van der Waals surface area contributed by atoms with E-state index in [4.69, 9.17) is 4.98 Å². The fraction of sp³-hybridized carbons (Fsp3) is 0.0156. The van der Waals surface area contributed by atoms with Crippen molar-refractivity contribution in [3.8, 4) is 28.3 Å². The SMILES string of the molecule is C1=CC2=C(I=C1)c1[nH+]cccc1C21c2ccc(-c3ccc4c(c3)c3ccccc3n4-c3ncccc3-n3c4ccccc4c4ccccc43)cc2Sc2ccc(-n3c4ccccc4c4ccccc43)cc21. The first-order valence-corrected chi connectivity index (χ1v) is 27.2. The largest absolute Gasteiger partial charge is 0.309 e. The van der Waals surface area contributed by atoms with Gasteiger partial charge in [-0.2, -0.15) is 0 Å². The second kappa shape index (κ2) is 14.9. The number of H-pyrrole nitrogens is 1. The van der Waals surface area contributed by atoms with Gasteiger partial charge in [-0.15, -0.1) is 0 Å². The summed E-state index contributed by atoms with van der Waals surface area (Å²) in [5, 5.41) is 7.40. The summed E-state index contributed by atoms with van der Waals surface area (Å²) in [7, 11) is 0. The van der Waals surface area contributed by atoms with Crippen molar-refractivity contribution in [3.63, 3.8) is 0 Å². The van der Waals surface area contributed by atoms with Crippen molar-refractivity contribution in [1.29, 1.82) is 0 Å². The lowest BCUT2D eigenvalue weighted by atomic mass is 9.66. The summed E-state index contributed by atoms with van der Waals surface area (Å²) in [6.45, 7) is 0. The Morgan fingerprint density at radius 2 is 1.07 bits per heavy atom. The third-order valence-electron chi connectivity index (χ3n) is 15.2. The number of halogens is 1. The lowest BCUT2D eigenvalue weighted by Gasteiger charge is -2.40. The molecule has 2 aliphatic heterocycles. The summed E-state index contributed by atoms with van der Waals surface area (Å²) in [6, 6.07) is 74.2. The number of aromatic nitrogens is 5. The van der Waals surface area contributed by atoms with Crippen molar-refractivity contribution >= 4 is 106 Å². The number of allylic oxidation sites excluding steroid dienone is 3. The van der Waals surface area contributed by atoms with Crippen LogP contribution in [0.5, 0.6) is 0 Å². The molecule has 0 amide bonds. The molecule has 0 saturated carbocycles. The molecule has 13 aromatic rings. The third kappa shape index (κ3) is 5.39. The molecule has 1 aliphatic carbocycles. The molecule has 0 bridgehead atoms. The number of fused-ring (bicyclic) bond motifs is 17. The molecule has 0 radical (unpaired) electrons. The van der Waals surface area contributed by atoms with Gasteiger partial charge in [0, 0.05) is 65.6 Å². The Hall–Kier alpha value is -8.11. The maximum absolute atomic E-state index is 5.19. The zero-order valence-corrected chi connectivity index (χ0v) is 41.0. The topological polar surface area (TPSA) is 41.8 Å². The number of para-hydroxylation sites is 5. The quantitative estimate of drug-likeness (QED) is 0.165. The molecule has 1 unspecified atom stereocenters. The first-order valence-electron chi connectivity index (χ1n) is 24.1. The molecule has 1 spiro atoms. The van der Waals surface area contributed by atoms with E-state index in [-0.39, 0.29) is 20.7 Å². The molecule has 332 valence electrons. The Kier molecular flexibility index (Phi) is 8.36. The number of aromatic amines is 1. The molecule has 5 nitrogen and oxygen atoms in total. The highest BCUT2D eigenvalue weighted by molar-refractivity contribution is 14.2. The Labute approximate surface area is 422 Å². The molecule has 0 saturated heterocycles. The number of rotatable bonds is 4. The standard InChI is InChI=1S/C64H38IN5S/c1-6-21-52-42(14-1)43-15-2-7-22-53(43)68(52)41-29-32-59-51(38-41)64(49-19-11-33-65-61(49)62-50(64)20-12-34-66-62)48-30-27-40(37-60(48)71-59)39-28-31-57-47(36-39)46-18-5-10-25-56(46)70(57)63-58(26-13-35-67-63)69-54-23-8-3-16-44(54)45-17-4-9-24-55(45)69/h1-38H/p+1. The van der Waals surface area contributed by atoms with Gasteiger partial charge in [-0.25, -0.2) is 9.97 Å². The number of nitrogens with one attached hydrogen (secondary N) is 1. The highest BCUT2D eigenvalue weighted by Crippen LogP contribution is 2.63. The second-order valence-electron chi connectivity index (χ2n) is 18.7. The summed E-state index contributed by atoms with van der Waals surface area (Å²) >= 11 is 1.56. The normalized spacial score (nSPS) is 15.8. The molecule has 5 aromatic heterocycles. The van der Waals surface area contributed by atoms with Crippen LogP contribution < -0.4 is 4.98 Å². The van der Waals surface area contributed by atoms with Crippen LogP contribution in [0.1, 0.15) is 22.4 Å². The van der Waals surface area contributed by atoms with Gasteiger partial charge in [-0.05, 0) is 117 Å². The zero-order chi connectivity index (χ0) is 46.4. The lowest BCUT2D eigenvalue weighted by molar-refractivity contribution is -0.381. The second-order valence-corrected chi connectivity index (χ2v) is 22.2. The summed E-state index contributed by atoms with van der Waals surface area (Å²) in [5.41, 5.74) is 17.8. The van der Waals surface area contributed by atoms with Gasteiger partial charge in [0.15, 0.2) is 12.0 Å². The highest BCUT2D eigenvalue weighted by atomic mass is 127. The van der Waals surface area contributed by atoms with Crippen molar-refractivity contribution in [2.45, 2.75) is 15.2 Å². The number of hydrogen-bond acceptors (Lipinski definition) is 2. The van der Waals surface area contributed by atoms with Gasteiger partial charge in [-0.1, -0.05) is 154 Å². The molecule has 7 heteroatoms. The summed E-state index contributed by atoms with van der Waals surface area (Å²) in [6.07, 6.45) is 8.75. The van der Waals surface area contributed by atoms with Crippen molar-refractivity contribution < 1.29 is 4.98 Å². The average molecular weight is 1040 g/mol. The minimum Gasteiger partial charge on any atom is -0.309 e. The fourth-order valence-corrected chi connectivity index (χ4v) is 16.1. The molecule has 3 aliphatic rings. The van der Waals surface area contributed by atoms with Crippen LogP contribution in [0.4, 0.5) is 0 Å². The van der Waals surface area contributed by atoms with Crippen LogP contribution in [-0.2, 0) is 5.41 Å². The van der Waals surface area contributed by atoms with E-state index in [1.807, 2.05) is 18.0 Å². The number of hydrogen-bond donors (Lipinski definition) is 0. The maximum Gasteiger partial charge on any atom is 0.221 e. The molecule has 1 N–H and O–H groups in total. The molecule has 8 aromatic carbocycles. The molecule has 71 heavy (non-hydrogen) atoms. The van der Waals surface area contributed by atoms with Crippen LogP contribution in [0, 0.1) is 0 Å². The Balaban J connectivity index is 0.885. The molecule has 16 rings (SSSR count). The highest BCUT2D eigenvalue weighted by Gasteiger charge is 2.54. The van der Waals surface area contributed by atoms with E-state index in [0.717, 1.165) is 33.6 Å². The summed E-state index contributed by atoms with van der Waals surface area (Å²) < 4.78 is 11.1. The fourth-order valence-electron chi connectivity index (χ4n) is 12.4. The van der Waals surface area contributed by atoms with Gasteiger partial charge in [0.05, 0.1) is 47.8 Å². The van der Waals surface area contributed by atoms with Crippen molar-refractivity contribution in [2.75, 3.05) is 0 Å². The molecule has 7 heterocycles. The number of nitrogens with zero attached hydrogens (tertiary/aromatic N) is 4. The summed E-state index contributed by atoms with van der Waals surface area (Å²) in [5.74, 6) is 0.896. The average Bonchev–Trinajstić information content (AvgIpc) is 4.15. The Morgan fingerprint density at radius 3 is 1.77 bits per heavy atom. The lowest BCUT2D eigenvalue weighted by Crippen LogP contribution is -2.33. The molecular formula is C64H39IN5S+. The monoisotopic (exact) mass is 1040 g/mol. The van der Waals surface area contributed by atoms with Gasteiger partial charge >= 0.3 is 0 Å². The van der Waals surface area contributed by atoms with E-state index in [1.54, 1.807) is 0 Å². The van der Waals surface area contributed by atoms with Crippen LogP contribution >= 0.6 is 32.5 Å². The van der Waals surface area contributed by atoms with Gasteiger partial charge < -0.3 is 9.13 Å². The maximum atomic E-state index is 5.19. The van der Waals surface area contributed by atoms with Gasteiger partial charge in [0.2, 0.25) is 5.69 Å². The minimum atomic E-state index is -0.496. The zero-order valence-electron chi connectivity index (χ0n) is 38.0. The van der Waals surface area contributed by atoms with E-state index >= 15 is 0 Å². The van der Waals surface area contributed by atoms with Crippen molar-refractivity contribution in [1.82, 2.24) is 18.7 Å². The van der Waals surface area contributed by atoms with Crippen LogP contribution in [0.25, 0.3) is 97.3 Å². The van der Waals surface area contributed by atoms with E-state index in [0.29, 0.717) is 0 Å². The van der Waals surface area contributed by atoms with Crippen molar-refractivity contribution in [3.05, 3.63) is 253 Å². The van der Waals surface area contributed by atoms with Gasteiger partial charge in [-0.3, -0.25) is 4.57 Å². The van der Waals surface area contributed by atoms with Crippen molar-refractivity contribution in [2.24, 2.45) is 0 Å². The molecule has 1 atom stereocenters. The van der Waals surface area contributed by atoms with Crippen LogP contribution in [0.15, 0.2) is 240 Å².